The van der Waals surface area contributed by atoms with Crippen molar-refractivity contribution in [1.82, 2.24) is 19.9 Å². The van der Waals surface area contributed by atoms with E-state index in [1.807, 2.05) is 0 Å². The topological polar surface area (TPSA) is 100 Å². The molecule has 146 valence electrons. The summed E-state index contributed by atoms with van der Waals surface area (Å²) in [5.74, 6) is 1.29. The van der Waals surface area contributed by atoms with Gasteiger partial charge in [0.25, 0.3) is 5.56 Å². The molecule has 0 spiro atoms. The molecule has 2 aliphatic rings. The van der Waals surface area contributed by atoms with Gasteiger partial charge in [0, 0.05) is 42.9 Å². The Morgan fingerprint density at radius 3 is 2.82 bits per heavy atom. The molecule has 2 aromatic heterocycles. The van der Waals surface area contributed by atoms with Gasteiger partial charge in [-0.2, -0.15) is 0 Å². The van der Waals surface area contributed by atoms with Gasteiger partial charge in [0.1, 0.15) is 12.0 Å². The van der Waals surface area contributed by atoms with Crippen LogP contribution in [-0.2, 0) is 4.79 Å². The molecule has 1 aliphatic heterocycles. The fourth-order valence-electron chi connectivity index (χ4n) is 3.65. The first kappa shape index (κ1) is 18.2. The average Bonchev–Trinajstić information content (AvgIpc) is 3.52. The molecule has 2 aromatic rings. The van der Waals surface area contributed by atoms with Crippen LogP contribution in [0.4, 0.5) is 5.69 Å². The predicted molar refractivity (Wildman–Crippen MR) is 105 cm³/mol. The predicted octanol–water partition coefficient (Wildman–Crippen LogP) is 1.68. The van der Waals surface area contributed by atoms with E-state index in [9.17, 15) is 9.59 Å². The third kappa shape index (κ3) is 3.62. The molecule has 8 heteroatoms. The zero-order valence-electron chi connectivity index (χ0n) is 15.7. The fourth-order valence-corrected chi connectivity index (χ4v) is 3.65. The number of likely N-dealkylation sites (tertiary alicyclic amines) is 1. The smallest absolute Gasteiger partial charge is 0.271 e. The molecule has 0 aromatic carbocycles. The number of methoxy groups -OCH3 is 1. The van der Waals surface area contributed by atoms with Gasteiger partial charge in [0.05, 0.1) is 12.8 Å². The number of H-pyrrole nitrogens is 1. The molecule has 1 amide bonds. The quantitative estimate of drug-likeness (QED) is 0.708. The third-order valence-electron chi connectivity index (χ3n) is 5.41. The van der Waals surface area contributed by atoms with Crippen LogP contribution in [0.25, 0.3) is 11.3 Å². The highest BCUT2D eigenvalue weighted by Gasteiger charge is 2.43. The Morgan fingerprint density at radius 1 is 1.36 bits per heavy atom. The van der Waals surface area contributed by atoms with E-state index < -0.39 is 0 Å². The standard InChI is InChI=1S/C20H23N5O3/c1-3-18(26)25-9-14(10-25)19(12-4-5-12)24-16-6-13(8-21-20(16)27)15-7-17(28-2)23-11-22-15/h3,6-8,11-12,14,19,24H,1,4-5,9-10H2,2H3,(H,21,27). The molecule has 4 rings (SSSR count). The maximum absolute atomic E-state index is 12.4. The summed E-state index contributed by atoms with van der Waals surface area (Å²) in [5.41, 5.74) is 1.78. The lowest BCUT2D eigenvalue weighted by molar-refractivity contribution is -0.132. The minimum Gasteiger partial charge on any atom is -0.481 e. The second-order valence-electron chi connectivity index (χ2n) is 7.29. The number of nitrogens with one attached hydrogen (secondary N) is 2. The van der Waals surface area contributed by atoms with Crippen molar-refractivity contribution in [3.8, 4) is 17.1 Å². The molecule has 1 aliphatic carbocycles. The van der Waals surface area contributed by atoms with E-state index in [1.165, 1.54) is 12.4 Å². The number of ether oxygens (including phenoxy) is 1. The molecule has 0 bridgehead atoms. The highest BCUT2D eigenvalue weighted by Crippen LogP contribution is 2.40. The SMILES string of the molecule is C=CC(=O)N1CC(C(Nc2cc(-c3cc(OC)ncn3)c[nH]c2=O)C2CC2)C1. The van der Waals surface area contributed by atoms with E-state index >= 15 is 0 Å². The minimum atomic E-state index is -0.172. The summed E-state index contributed by atoms with van der Waals surface area (Å²) in [4.78, 5) is 37.0. The lowest BCUT2D eigenvalue weighted by atomic mass is 9.88. The number of carbonyl (C=O) groups is 1. The Bertz CT molecular complexity index is 947. The molecule has 1 unspecified atom stereocenters. The highest BCUT2D eigenvalue weighted by molar-refractivity contribution is 5.87. The number of rotatable bonds is 7. The summed E-state index contributed by atoms with van der Waals surface area (Å²) in [6, 6.07) is 3.70. The second kappa shape index (κ2) is 7.46. The molecule has 2 N–H and O–H groups in total. The summed E-state index contributed by atoms with van der Waals surface area (Å²) >= 11 is 0. The van der Waals surface area contributed by atoms with Crippen LogP contribution in [0.5, 0.6) is 5.88 Å². The minimum absolute atomic E-state index is 0.0386. The van der Waals surface area contributed by atoms with Crippen LogP contribution in [0.15, 0.2) is 42.1 Å². The Kier molecular flexibility index (Phi) is 4.85. The number of carbonyl (C=O) groups excluding carboxylic acids is 1. The maximum Gasteiger partial charge on any atom is 0.271 e. The van der Waals surface area contributed by atoms with Gasteiger partial charge < -0.3 is 19.9 Å². The third-order valence-corrected chi connectivity index (χ3v) is 5.41. The Labute approximate surface area is 162 Å². The molecule has 0 radical (unpaired) electrons. The van der Waals surface area contributed by atoms with Gasteiger partial charge >= 0.3 is 0 Å². The van der Waals surface area contributed by atoms with Gasteiger partial charge in [0.2, 0.25) is 11.8 Å². The summed E-state index contributed by atoms with van der Waals surface area (Å²) in [6.07, 6.45) is 6.70. The van der Waals surface area contributed by atoms with E-state index in [1.54, 1.807) is 30.3 Å². The number of aromatic nitrogens is 3. The van der Waals surface area contributed by atoms with Crippen LogP contribution in [0, 0.1) is 11.8 Å². The highest BCUT2D eigenvalue weighted by atomic mass is 16.5. The Morgan fingerprint density at radius 2 is 2.14 bits per heavy atom. The van der Waals surface area contributed by atoms with Gasteiger partial charge in [0.15, 0.2) is 0 Å². The summed E-state index contributed by atoms with van der Waals surface area (Å²) < 4.78 is 5.15. The molecule has 8 nitrogen and oxygen atoms in total. The van der Waals surface area contributed by atoms with Crippen molar-refractivity contribution in [2.75, 3.05) is 25.5 Å². The number of hydrogen-bond acceptors (Lipinski definition) is 6. The number of amides is 1. The number of aromatic amines is 1. The van der Waals surface area contributed by atoms with Crippen LogP contribution < -0.4 is 15.6 Å². The van der Waals surface area contributed by atoms with Crippen molar-refractivity contribution in [3.63, 3.8) is 0 Å². The van der Waals surface area contributed by atoms with Crippen LogP contribution in [0.3, 0.4) is 0 Å². The zero-order valence-corrected chi connectivity index (χ0v) is 15.7. The molecule has 1 saturated carbocycles. The summed E-state index contributed by atoms with van der Waals surface area (Å²) in [6.45, 7) is 4.93. The normalized spacial score (nSPS) is 17.5. The van der Waals surface area contributed by atoms with E-state index in [0.29, 0.717) is 42.2 Å². The van der Waals surface area contributed by atoms with Crippen molar-refractivity contribution in [1.29, 1.82) is 0 Å². The van der Waals surface area contributed by atoms with Gasteiger partial charge in [-0.15, -0.1) is 0 Å². The molecule has 1 atom stereocenters. The van der Waals surface area contributed by atoms with Crippen LogP contribution in [0.1, 0.15) is 12.8 Å². The number of hydrogen-bond donors (Lipinski definition) is 2. The fraction of sp³-hybridized carbons (Fsp3) is 0.400. The molecule has 3 heterocycles. The molecule has 2 fully saturated rings. The molecular weight excluding hydrogens is 358 g/mol. The van der Waals surface area contributed by atoms with Crippen molar-refractivity contribution in [3.05, 3.63) is 47.7 Å². The molecular formula is C20H23N5O3. The van der Waals surface area contributed by atoms with Gasteiger partial charge in [-0.05, 0) is 30.9 Å². The van der Waals surface area contributed by atoms with Crippen molar-refractivity contribution in [2.45, 2.75) is 18.9 Å². The molecule has 1 saturated heterocycles. The average molecular weight is 381 g/mol. The van der Waals surface area contributed by atoms with E-state index in [0.717, 1.165) is 18.4 Å². The lowest BCUT2D eigenvalue weighted by Gasteiger charge is -2.43. The van der Waals surface area contributed by atoms with Crippen molar-refractivity contribution >= 4 is 11.6 Å². The van der Waals surface area contributed by atoms with Gasteiger partial charge in [-0.3, -0.25) is 9.59 Å². The van der Waals surface area contributed by atoms with Crippen molar-refractivity contribution in [2.24, 2.45) is 11.8 Å². The summed E-state index contributed by atoms with van der Waals surface area (Å²) in [7, 11) is 1.55. The molecule has 28 heavy (non-hydrogen) atoms. The monoisotopic (exact) mass is 381 g/mol. The first-order valence-corrected chi connectivity index (χ1v) is 9.36. The number of pyridine rings is 1. The van der Waals surface area contributed by atoms with Crippen LogP contribution in [-0.4, -0.2) is 52.0 Å². The maximum atomic E-state index is 12.4. The Hall–Kier alpha value is -3.16. The van der Waals surface area contributed by atoms with Crippen LogP contribution in [0.2, 0.25) is 0 Å². The largest absolute Gasteiger partial charge is 0.481 e. The first-order chi connectivity index (χ1) is 13.6. The summed E-state index contributed by atoms with van der Waals surface area (Å²) in [5, 5.41) is 3.45. The lowest BCUT2D eigenvalue weighted by Crippen LogP contribution is -2.56. The van der Waals surface area contributed by atoms with E-state index in [2.05, 4.69) is 26.8 Å². The Balaban J connectivity index is 1.54. The van der Waals surface area contributed by atoms with Crippen molar-refractivity contribution < 1.29 is 9.53 Å². The van der Waals surface area contributed by atoms with E-state index in [-0.39, 0.29) is 17.5 Å². The number of nitrogens with zero attached hydrogens (tertiary/aromatic N) is 3. The number of anilines is 1. The van der Waals surface area contributed by atoms with Crippen LogP contribution >= 0.6 is 0 Å². The van der Waals surface area contributed by atoms with Gasteiger partial charge in [-0.25, -0.2) is 9.97 Å². The van der Waals surface area contributed by atoms with Gasteiger partial charge in [-0.1, -0.05) is 6.58 Å². The zero-order chi connectivity index (χ0) is 19.7. The second-order valence-corrected chi connectivity index (χ2v) is 7.29. The van der Waals surface area contributed by atoms with E-state index in [4.69, 9.17) is 4.74 Å². The first-order valence-electron chi connectivity index (χ1n) is 9.36.